The summed E-state index contributed by atoms with van der Waals surface area (Å²) in [4.78, 5) is 11.6. The van der Waals surface area contributed by atoms with Crippen LogP contribution in [0.4, 0.5) is 0 Å². The molecule has 2 aromatic carbocycles. The van der Waals surface area contributed by atoms with E-state index in [1.807, 2.05) is 6.92 Å². The first-order chi connectivity index (χ1) is 11.4. The minimum Gasteiger partial charge on any atom is -0.465 e. The zero-order valence-corrected chi connectivity index (χ0v) is 14.9. The summed E-state index contributed by atoms with van der Waals surface area (Å²) in [6, 6.07) is 12.3. The van der Waals surface area contributed by atoms with Crippen molar-refractivity contribution < 1.29 is 17.9 Å². The molecule has 5 nitrogen and oxygen atoms in total. The molecule has 0 radical (unpaired) electrons. The molecule has 0 fully saturated rings. The van der Waals surface area contributed by atoms with Gasteiger partial charge in [-0.05, 0) is 42.3 Å². The number of carbonyl (C=O) groups excluding carboxylic acids is 1. The molecule has 2 rings (SSSR count). The minimum atomic E-state index is -3.78. The van der Waals surface area contributed by atoms with Crippen molar-refractivity contribution in [2.45, 2.75) is 24.3 Å². The summed E-state index contributed by atoms with van der Waals surface area (Å²) in [6.07, 6.45) is 0.567. The van der Waals surface area contributed by atoms with Crippen molar-refractivity contribution in [2.75, 3.05) is 7.11 Å². The third-order valence-electron chi connectivity index (χ3n) is 3.54. The SMILES string of the molecule is CC[C@H](NS(=O)(=O)c1cccc(C(=O)OC)c1)c1ccc(Cl)cc1. The normalized spacial score (nSPS) is 12.6. The molecule has 0 amide bonds. The lowest BCUT2D eigenvalue weighted by Crippen LogP contribution is -2.28. The van der Waals surface area contributed by atoms with Gasteiger partial charge in [0.15, 0.2) is 0 Å². The summed E-state index contributed by atoms with van der Waals surface area (Å²) >= 11 is 5.87. The Morgan fingerprint density at radius 1 is 1.21 bits per heavy atom. The maximum absolute atomic E-state index is 12.6. The molecule has 24 heavy (non-hydrogen) atoms. The molecule has 0 aromatic heterocycles. The maximum Gasteiger partial charge on any atom is 0.337 e. The van der Waals surface area contributed by atoms with E-state index in [4.69, 9.17) is 11.6 Å². The third kappa shape index (κ3) is 4.35. The van der Waals surface area contributed by atoms with Gasteiger partial charge in [0.25, 0.3) is 0 Å². The molecule has 2 aromatic rings. The molecule has 7 heteroatoms. The van der Waals surface area contributed by atoms with Crippen molar-refractivity contribution in [3.8, 4) is 0 Å². The molecule has 128 valence electrons. The van der Waals surface area contributed by atoms with Crippen molar-refractivity contribution in [3.63, 3.8) is 0 Å². The molecule has 0 heterocycles. The highest BCUT2D eigenvalue weighted by atomic mass is 35.5. The highest BCUT2D eigenvalue weighted by Crippen LogP contribution is 2.22. The number of hydrogen-bond donors (Lipinski definition) is 1. The molecule has 0 bridgehead atoms. The van der Waals surface area contributed by atoms with Crippen molar-refractivity contribution >= 4 is 27.6 Å². The first kappa shape index (κ1) is 18.4. The van der Waals surface area contributed by atoms with Crippen molar-refractivity contribution in [2.24, 2.45) is 0 Å². The molecule has 0 saturated heterocycles. The zero-order valence-electron chi connectivity index (χ0n) is 13.3. The fourth-order valence-corrected chi connectivity index (χ4v) is 3.72. The number of methoxy groups -OCH3 is 1. The monoisotopic (exact) mass is 367 g/mol. The quantitative estimate of drug-likeness (QED) is 0.792. The lowest BCUT2D eigenvalue weighted by Gasteiger charge is -2.18. The van der Waals surface area contributed by atoms with Gasteiger partial charge < -0.3 is 4.74 Å². The van der Waals surface area contributed by atoms with Crippen LogP contribution in [-0.4, -0.2) is 21.5 Å². The molecule has 0 unspecified atom stereocenters. The van der Waals surface area contributed by atoms with E-state index in [2.05, 4.69) is 9.46 Å². The Kier molecular flexibility index (Phi) is 5.99. The first-order valence-corrected chi connectivity index (χ1v) is 9.19. The smallest absolute Gasteiger partial charge is 0.337 e. The summed E-state index contributed by atoms with van der Waals surface area (Å²) in [5, 5.41) is 0.585. The fraction of sp³-hybridized carbons (Fsp3) is 0.235. The number of halogens is 1. The van der Waals surface area contributed by atoms with Gasteiger partial charge in [-0.15, -0.1) is 0 Å². The van der Waals surface area contributed by atoms with E-state index in [1.54, 1.807) is 24.3 Å². The van der Waals surface area contributed by atoms with Gasteiger partial charge in [-0.25, -0.2) is 17.9 Å². The average molecular weight is 368 g/mol. The van der Waals surface area contributed by atoms with E-state index in [0.717, 1.165) is 5.56 Å². The molecular formula is C17H18ClNO4S. The number of hydrogen-bond acceptors (Lipinski definition) is 4. The van der Waals surface area contributed by atoms with Crippen LogP contribution in [-0.2, 0) is 14.8 Å². The van der Waals surface area contributed by atoms with Gasteiger partial charge in [0.05, 0.1) is 17.6 Å². The predicted octanol–water partition coefficient (Wildman–Crippen LogP) is 3.56. The summed E-state index contributed by atoms with van der Waals surface area (Å²) in [5.74, 6) is -0.586. The topological polar surface area (TPSA) is 72.5 Å². The van der Waals surface area contributed by atoms with E-state index in [-0.39, 0.29) is 10.5 Å². The second-order valence-electron chi connectivity index (χ2n) is 5.15. The number of benzene rings is 2. The molecule has 0 aliphatic rings. The number of carbonyl (C=O) groups is 1. The van der Waals surface area contributed by atoms with Crippen LogP contribution in [0.2, 0.25) is 5.02 Å². The summed E-state index contributed by atoms with van der Waals surface area (Å²) < 4.78 is 32.5. The Bertz CT molecular complexity index is 819. The zero-order chi connectivity index (χ0) is 17.7. The number of ether oxygens (including phenoxy) is 1. The van der Waals surface area contributed by atoms with E-state index in [0.29, 0.717) is 11.4 Å². The third-order valence-corrected chi connectivity index (χ3v) is 5.26. The lowest BCUT2D eigenvalue weighted by molar-refractivity contribution is 0.0600. The van der Waals surface area contributed by atoms with Crippen LogP contribution in [0.1, 0.15) is 35.3 Å². The molecule has 0 spiro atoms. The Labute approximate surface area is 146 Å². The second kappa shape index (κ2) is 7.79. The predicted molar refractivity (Wildman–Crippen MR) is 92.6 cm³/mol. The lowest BCUT2D eigenvalue weighted by atomic mass is 10.1. The second-order valence-corrected chi connectivity index (χ2v) is 7.30. The van der Waals surface area contributed by atoms with Gasteiger partial charge in [-0.2, -0.15) is 0 Å². The Balaban J connectivity index is 2.29. The van der Waals surface area contributed by atoms with Gasteiger partial charge in [-0.3, -0.25) is 0 Å². The van der Waals surface area contributed by atoms with Crippen molar-refractivity contribution in [1.82, 2.24) is 4.72 Å². The van der Waals surface area contributed by atoms with Crippen molar-refractivity contribution in [3.05, 3.63) is 64.7 Å². The number of rotatable bonds is 6. The standard InChI is InChI=1S/C17H18ClNO4S/c1-3-16(12-7-9-14(18)10-8-12)19-24(21,22)15-6-4-5-13(11-15)17(20)23-2/h4-11,16,19H,3H2,1-2H3/t16-/m0/s1. The van der Waals surface area contributed by atoms with Gasteiger partial charge in [0.2, 0.25) is 10.0 Å². The Morgan fingerprint density at radius 2 is 1.88 bits per heavy atom. The van der Waals surface area contributed by atoms with E-state index in [9.17, 15) is 13.2 Å². The highest BCUT2D eigenvalue weighted by molar-refractivity contribution is 7.89. The molecule has 1 atom stereocenters. The highest BCUT2D eigenvalue weighted by Gasteiger charge is 2.21. The van der Waals surface area contributed by atoms with Crippen LogP contribution >= 0.6 is 11.6 Å². The number of nitrogens with one attached hydrogen (secondary N) is 1. The largest absolute Gasteiger partial charge is 0.465 e. The Morgan fingerprint density at radius 3 is 2.46 bits per heavy atom. The van der Waals surface area contributed by atoms with Crippen LogP contribution in [0.25, 0.3) is 0 Å². The minimum absolute atomic E-state index is 0.0119. The van der Waals surface area contributed by atoms with Crippen LogP contribution < -0.4 is 4.72 Å². The molecular weight excluding hydrogens is 350 g/mol. The van der Waals surface area contributed by atoms with Gasteiger partial charge in [0, 0.05) is 11.1 Å². The Hall–Kier alpha value is -1.89. The number of sulfonamides is 1. The van der Waals surface area contributed by atoms with Crippen LogP contribution in [0.3, 0.4) is 0 Å². The van der Waals surface area contributed by atoms with E-state index in [1.165, 1.54) is 31.4 Å². The van der Waals surface area contributed by atoms with E-state index < -0.39 is 22.0 Å². The maximum atomic E-state index is 12.6. The van der Waals surface area contributed by atoms with Crippen LogP contribution in [0.5, 0.6) is 0 Å². The number of esters is 1. The van der Waals surface area contributed by atoms with Gasteiger partial charge >= 0.3 is 5.97 Å². The molecule has 0 aliphatic carbocycles. The van der Waals surface area contributed by atoms with E-state index >= 15 is 0 Å². The van der Waals surface area contributed by atoms with Gasteiger partial charge in [-0.1, -0.05) is 36.7 Å². The summed E-state index contributed by atoms with van der Waals surface area (Å²) in [7, 11) is -2.54. The average Bonchev–Trinajstić information content (AvgIpc) is 2.60. The fourth-order valence-electron chi connectivity index (χ4n) is 2.25. The molecule has 0 saturated carbocycles. The van der Waals surface area contributed by atoms with Crippen LogP contribution in [0, 0.1) is 0 Å². The van der Waals surface area contributed by atoms with Gasteiger partial charge in [0.1, 0.15) is 0 Å². The summed E-state index contributed by atoms with van der Waals surface area (Å²) in [5.41, 5.74) is 0.995. The molecule has 0 aliphatic heterocycles. The molecule has 1 N–H and O–H groups in total. The van der Waals surface area contributed by atoms with Crippen LogP contribution in [0.15, 0.2) is 53.4 Å². The first-order valence-electron chi connectivity index (χ1n) is 7.33. The summed E-state index contributed by atoms with van der Waals surface area (Å²) in [6.45, 7) is 1.88. The van der Waals surface area contributed by atoms with Crippen molar-refractivity contribution in [1.29, 1.82) is 0 Å².